The molecule has 1 rings (SSSR count). The largest absolute Gasteiger partial charge is 0.478 e. The average Bonchev–Trinajstić information content (AvgIpc) is 1.94. The zero-order valence-corrected chi connectivity index (χ0v) is 6.21. The van der Waals surface area contributed by atoms with E-state index in [4.69, 9.17) is 16.7 Å². The molecule has 0 saturated carbocycles. The van der Waals surface area contributed by atoms with Gasteiger partial charge >= 0.3 is 5.97 Å². The number of halogens is 1. The molecule has 0 saturated heterocycles. The molecule has 0 aromatic carbocycles. The van der Waals surface area contributed by atoms with Crippen molar-refractivity contribution in [2.45, 2.75) is 5.38 Å². The van der Waals surface area contributed by atoms with Gasteiger partial charge in [0.1, 0.15) is 5.38 Å². The summed E-state index contributed by atoms with van der Waals surface area (Å²) in [5.41, 5.74) is -0.0702. The molecular weight excluding hydrogens is 168 g/mol. The monoisotopic (exact) mass is 172 g/mol. The van der Waals surface area contributed by atoms with Gasteiger partial charge in [-0.3, -0.25) is 4.79 Å². The molecular formula is C7H5ClO3. The van der Waals surface area contributed by atoms with Crippen LogP contribution in [0.2, 0.25) is 0 Å². The normalized spacial score (nSPS) is 23.2. The van der Waals surface area contributed by atoms with Crippen LogP contribution in [0, 0.1) is 0 Å². The topological polar surface area (TPSA) is 54.4 Å². The Kier molecular flexibility index (Phi) is 2.10. The second kappa shape index (κ2) is 2.88. The first-order valence-corrected chi connectivity index (χ1v) is 3.36. The Bertz CT molecular complexity index is 265. The Morgan fingerprint density at radius 3 is 2.73 bits per heavy atom. The maximum atomic E-state index is 10.8. The second-order valence-electron chi connectivity index (χ2n) is 2.05. The van der Waals surface area contributed by atoms with Crippen molar-refractivity contribution >= 4 is 23.4 Å². The van der Waals surface area contributed by atoms with Crippen LogP contribution in [0.15, 0.2) is 23.8 Å². The number of ketones is 1. The van der Waals surface area contributed by atoms with E-state index in [1.165, 1.54) is 18.2 Å². The number of carboxylic acid groups (broad SMARTS) is 1. The molecule has 1 N–H and O–H groups in total. The lowest BCUT2D eigenvalue weighted by atomic mass is 10.0. The molecule has 1 aliphatic rings. The molecule has 0 radical (unpaired) electrons. The molecule has 1 atom stereocenters. The molecule has 0 fully saturated rings. The highest BCUT2D eigenvalue weighted by molar-refractivity contribution is 6.37. The average molecular weight is 173 g/mol. The number of aliphatic carboxylic acids is 1. The van der Waals surface area contributed by atoms with Crippen LogP contribution < -0.4 is 0 Å². The summed E-state index contributed by atoms with van der Waals surface area (Å²) in [5.74, 6) is -1.53. The number of carboxylic acids is 1. The number of allylic oxidation sites excluding steroid dienone is 3. The summed E-state index contributed by atoms with van der Waals surface area (Å²) < 4.78 is 0. The zero-order valence-electron chi connectivity index (χ0n) is 5.45. The third-order valence-electron chi connectivity index (χ3n) is 1.31. The SMILES string of the molecule is O=C(O)C1=CC=CC(=O)C1Cl. The van der Waals surface area contributed by atoms with Gasteiger partial charge in [-0.2, -0.15) is 0 Å². The van der Waals surface area contributed by atoms with E-state index in [0.717, 1.165) is 0 Å². The van der Waals surface area contributed by atoms with Crippen LogP contribution in [-0.4, -0.2) is 22.2 Å². The first-order valence-electron chi connectivity index (χ1n) is 2.92. The minimum atomic E-state index is -1.15. The summed E-state index contributed by atoms with van der Waals surface area (Å²) in [6.45, 7) is 0. The fraction of sp³-hybridized carbons (Fsp3) is 0.143. The van der Waals surface area contributed by atoms with Crippen LogP contribution in [0.4, 0.5) is 0 Å². The number of hydrogen-bond acceptors (Lipinski definition) is 2. The van der Waals surface area contributed by atoms with Gasteiger partial charge in [-0.1, -0.05) is 6.08 Å². The van der Waals surface area contributed by atoms with Gasteiger partial charge in [0, 0.05) is 0 Å². The summed E-state index contributed by atoms with van der Waals surface area (Å²) in [6, 6.07) is 0. The molecule has 0 heterocycles. The maximum absolute atomic E-state index is 10.8. The fourth-order valence-electron chi connectivity index (χ4n) is 0.749. The van der Waals surface area contributed by atoms with Crippen molar-refractivity contribution in [3.8, 4) is 0 Å². The Balaban J connectivity index is 2.96. The van der Waals surface area contributed by atoms with Gasteiger partial charge in [0.05, 0.1) is 5.57 Å². The van der Waals surface area contributed by atoms with Crippen LogP contribution >= 0.6 is 11.6 Å². The highest BCUT2D eigenvalue weighted by atomic mass is 35.5. The van der Waals surface area contributed by atoms with E-state index < -0.39 is 11.3 Å². The quantitative estimate of drug-likeness (QED) is 0.594. The van der Waals surface area contributed by atoms with Crippen LogP contribution in [0.5, 0.6) is 0 Å². The maximum Gasteiger partial charge on any atom is 0.333 e. The van der Waals surface area contributed by atoms with Gasteiger partial charge in [-0.25, -0.2) is 4.79 Å². The van der Waals surface area contributed by atoms with E-state index in [9.17, 15) is 9.59 Å². The van der Waals surface area contributed by atoms with Gasteiger partial charge < -0.3 is 5.11 Å². The van der Waals surface area contributed by atoms with Crippen LogP contribution in [0.1, 0.15) is 0 Å². The summed E-state index contributed by atoms with van der Waals surface area (Å²) in [6.07, 6.45) is 3.95. The third-order valence-corrected chi connectivity index (χ3v) is 1.76. The molecule has 11 heavy (non-hydrogen) atoms. The Hall–Kier alpha value is -1.09. The number of hydrogen-bond donors (Lipinski definition) is 1. The lowest BCUT2D eigenvalue weighted by Crippen LogP contribution is -2.22. The molecule has 58 valence electrons. The molecule has 4 heteroatoms. The van der Waals surface area contributed by atoms with Gasteiger partial charge in [0.2, 0.25) is 0 Å². The second-order valence-corrected chi connectivity index (χ2v) is 2.49. The standard InChI is InChI=1S/C7H5ClO3/c8-6-4(7(10)11)2-1-3-5(6)9/h1-3,6H,(H,10,11). The minimum absolute atomic E-state index is 0.0702. The Labute approximate surface area is 68.0 Å². The van der Waals surface area contributed by atoms with Gasteiger partial charge in [-0.15, -0.1) is 11.6 Å². The molecule has 3 nitrogen and oxygen atoms in total. The fourth-order valence-corrected chi connectivity index (χ4v) is 0.987. The number of alkyl halides is 1. The summed E-state index contributed by atoms with van der Waals surface area (Å²) in [4.78, 5) is 21.2. The van der Waals surface area contributed by atoms with Gasteiger partial charge in [-0.05, 0) is 12.2 Å². The number of carbonyl (C=O) groups excluding carboxylic acids is 1. The van der Waals surface area contributed by atoms with Crippen molar-refractivity contribution in [2.75, 3.05) is 0 Å². The van der Waals surface area contributed by atoms with E-state index in [0.29, 0.717) is 0 Å². The van der Waals surface area contributed by atoms with Gasteiger partial charge in [0.25, 0.3) is 0 Å². The molecule has 1 unspecified atom stereocenters. The minimum Gasteiger partial charge on any atom is -0.478 e. The Morgan fingerprint density at radius 1 is 1.64 bits per heavy atom. The van der Waals surface area contributed by atoms with Crippen molar-refractivity contribution < 1.29 is 14.7 Å². The van der Waals surface area contributed by atoms with Crippen molar-refractivity contribution in [3.05, 3.63) is 23.8 Å². The molecule has 0 aromatic rings. The van der Waals surface area contributed by atoms with Crippen molar-refractivity contribution in [2.24, 2.45) is 0 Å². The zero-order chi connectivity index (χ0) is 8.43. The first kappa shape index (κ1) is 8.01. The molecule has 0 aromatic heterocycles. The molecule has 1 aliphatic carbocycles. The van der Waals surface area contributed by atoms with E-state index in [2.05, 4.69) is 0 Å². The summed E-state index contributed by atoms with van der Waals surface area (Å²) >= 11 is 5.48. The van der Waals surface area contributed by atoms with Crippen LogP contribution in [-0.2, 0) is 9.59 Å². The molecule has 0 bridgehead atoms. The predicted molar refractivity (Wildman–Crippen MR) is 39.5 cm³/mol. The van der Waals surface area contributed by atoms with E-state index in [1.807, 2.05) is 0 Å². The first-order chi connectivity index (χ1) is 5.13. The number of rotatable bonds is 1. The van der Waals surface area contributed by atoms with Crippen molar-refractivity contribution in [3.63, 3.8) is 0 Å². The highest BCUT2D eigenvalue weighted by Crippen LogP contribution is 2.15. The van der Waals surface area contributed by atoms with E-state index in [-0.39, 0.29) is 11.4 Å². The van der Waals surface area contributed by atoms with Crippen LogP contribution in [0.3, 0.4) is 0 Å². The smallest absolute Gasteiger partial charge is 0.333 e. The lowest BCUT2D eigenvalue weighted by Gasteiger charge is -2.08. The van der Waals surface area contributed by atoms with E-state index in [1.54, 1.807) is 0 Å². The molecule has 0 aliphatic heterocycles. The van der Waals surface area contributed by atoms with Crippen molar-refractivity contribution in [1.82, 2.24) is 0 Å². The predicted octanol–water partition coefficient (Wildman–Crippen LogP) is 0.744. The summed E-state index contributed by atoms with van der Waals surface area (Å²) in [5, 5.41) is 7.46. The Morgan fingerprint density at radius 2 is 2.27 bits per heavy atom. The van der Waals surface area contributed by atoms with E-state index >= 15 is 0 Å². The van der Waals surface area contributed by atoms with Crippen LogP contribution in [0.25, 0.3) is 0 Å². The molecule has 0 amide bonds. The van der Waals surface area contributed by atoms with Crippen molar-refractivity contribution in [1.29, 1.82) is 0 Å². The highest BCUT2D eigenvalue weighted by Gasteiger charge is 2.24. The summed E-state index contributed by atoms with van der Waals surface area (Å²) in [7, 11) is 0. The van der Waals surface area contributed by atoms with Gasteiger partial charge in [0.15, 0.2) is 5.78 Å². The third kappa shape index (κ3) is 1.49. The molecule has 0 spiro atoms. The number of carbonyl (C=O) groups is 2. The lowest BCUT2D eigenvalue weighted by molar-refractivity contribution is -0.133.